The highest BCUT2D eigenvalue weighted by Gasteiger charge is 2.36. The van der Waals surface area contributed by atoms with Crippen molar-refractivity contribution in [3.05, 3.63) is 54.0 Å². The number of aromatic nitrogens is 2. The highest BCUT2D eigenvalue weighted by molar-refractivity contribution is 5.95. The van der Waals surface area contributed by atoms with Crippen LogP contribution in [-0.2, 0) is 32.5 Å². The summed E-state index contributed by atoms with van der Waals surface area (Å²) in [6, 6.07) is 9.70. The van der Waals surface area contributed by atoms with Crippen LogP contribution in [0.4, 0.5) is 8.78 Å². The highest BCUT2D eigenvalue weighted by Crippen LogP contribution is 2.33. The molecule has 1 aliphatic heterocycles. The second kappa shape index (κ2) is 11.2. The quantitative estimate of drug-likeness (QED) is 0.281. The van der Waals surface area contributed by atoms with Crippen LogP contribution in [0.3, 0.4) is 0 Å². The third-order valence-electron chi connectivity index (χ3n) is 8.41. The molecule has 0 bridgehead atoms. The third-order valence-corrected chi connectivity index (χ3v) is 8.41. The minimum absolute atomic E-state index is 0.00432. The molecule has 0 unspecified atom stereocenters. The molecule has 0 N–H and O–H groups in total. The lowest BCUT2D eigenvalue weighted by Gasteiger charge is -2.30. The zero-order valence-corrected chi connectivity index (χ0v) is 23.1. The van der Waals surface area contributed by atoms with E-state index in [1.54, 1.807) is 17.0 Å². The standard InChI is InChI=1S/C31H33F2N3O5/c1-35-16-25(24-9-6-20(32)14-27(24)35)30-34-26-10-3-18(11-28(26)41-30)12-29(37)36-15-21(33)13-22(36)17-40-23-7-4-19(5-8-23)31(38)39-2/h3,6,9-11,14,16,19,21-23H,4-5,7-8,12-13,15,17H2,1-2H3/t19-,21-,22-,23-/m0/s1. The smallest absolute Gasteiger partial charge is 0.308 e. The van der Waals surface area contributed by atoms with Gasteiger partial charge in [0.05, 0.1) is 55.8 Å². The molecular formula is C31H33F2N3O5. The minimum atomic E-state index is -1.09. The molecule has 1 aliphatic carbocycles. The van der Waals surface area contributed by atoms with Gasteiger partial charge in [-0.1, -0.05) is 6.07 Å². The second-order valence-corrected chi connectivity index (χ2v) is 11.2. The Hall–Kier alpha value is -3.79. The van der Waals surface area contributed by atoms with Gasteiger partial charge in [-0.2, -0.15) is 0 Å². The molecule has 2 aromatic carbocycles. The molecule has 1 saturated heterocycles. The molecule has 2 atom stereocenters. The van der Waals surface area contributed by atoms with Crippen molar-refractivity contribution in [2.45, 2.75) is 56.8 Å². The van der Waals surface area contributed by atoms with Crippen molar-refractivity contribution in [2.24, 2.45) is 13.0 Å². The fraction of sp³-hybridized carbons (Fsp3) is 0.452. The Morgan fingerprint density at radius 3 is 2.71 bits per heavy atom. The van der Waals surface area contributed by atoms with E-state index in [0.29, 0.717) is 29.8 Å². The number of methoxy groups -OCH3 is 1. The van der Waals surface area contributed by atoms with Crippen LogP contribution in [0.1, 0.15) is 37.7 Å². The first kappa shape index (κ1) is 27.4. The number of likely N-dealkylation sites (tertiary alicyclic amines) is 1. The lowest BCUT2D eigenvalue weighted by molar-refractivity contribution is -0.148. The van der Waals surface area contributed by atoms with E-state index in [9.17, 15) is 18.4 Å². The Balaban J connectivity index is 1.11. The molecule has 0 radical (unpaired) electrons. The molecule has 216 valence electrons. The van der Waals surface area contributed by atoms with Crippen molar-refractivity contribution >= 4 is 33.9 Å². The van der Waals surface area contributed by atoms with Gasteiger partial charge in [0.1, 0.15) is 17.5 Å². The fourth-order valence-electron chi connectivity index (χ4n) is 6.20. The average Bonchev–Trinajstić information content (AvgIpc) is 3.66. The number of alkyl halides is 1. The Bertz CT molecular complexity index is 1590. The predicted octanol–water partition coefficient (Wildman–Crippen LogP) is 5.36. The molecular weight excluding hydrogens is 532 g/mol. The van der Waals surface area contributed by atoms with Crippen LogP contribution in [0.25, 0.3) is 33.5 Å². The molecule has 2 fully saturated rings. The van der Waals surface area contributed by atoms with E-state index in [1.165, 1.54) is 19.2 Å². The Kier molecular flexibility index (Phi) is 7.50. The normalized spacial score (nSPS) is 23.0. The third kappa shape index (κ3) is 5.57. The maximum atomic E-state index is 14.4. The molecule has 2 aromatic heterocycles. The summed E-state index contributed by atoms with van der Waals surface area (Å²) < 4.78 is 47.0. The molecule has 8 nitrogen and oxygen atoms in total. The number of halogens is 2. The number of ether oxygens (including phenoxy) is 2. The number of fused-ring (bicyclic) bond motifs is 2. The van der Waals surface area contributed by atoms with Gasteiger partial charge in [0.25, 0.3) is 0 Å². The van der Waals surface area contributed by atoms with Gasteiger partial charge in [-0.15, -0.1) is 0 Å². The van der Waals surface area contributed by atoms with E-state index >= 15 is 0 Å². The van der Waals surface area contributed by atoms with Crippen molar-refractivity contribution in [1.29, 1.82) is 0 Å². The number of oxazole rings is 1. The first-order valence-corrected chi connectivity index (χ1v) is 14.1. The van der Waals surface area contributed by atoms with Crippen molar-refractivity contribution in [2.75, 3.05) is 20.3 Å². The van der Waals surface area contributed by atoms with Gasteiger partial charge in [-0.3, -0.25) is 9.59 Å². The first-order valence-electron chi connectivity index (χ1n) is 14.1. The van der Waals surface area contributed by atoms with Crippen LogP contribution in [0, 0.1) is 11.7 Å². The molecule has 3 heterocycles. The number of amides is 1. The van der Waals surface area contributed by atoms with Gasteiger partial charge >= 0.3 is 5.97 Å². The number of carbonyl (C=O) groups is 2. The number of aryl methyl sites for hydroxylation is 1. The summed E-state index contributed by atoms with van der Waals surface area (Å²) in [5.74, 6) is -0.331. The molecule has 0 spiro atoms. The van der Waals surface area contributed by atoms with Crippen molar-refractivity contribution in [1.82, 2.24) is 14.5 Å². The van der Waals surface area contributed by atoms with Crippen molar-refractivity contribution in [3.63, 3.8) is 0 Å². The lowest BCUT2D eigenvalue weighted by atomic mass is 9.87. The zero-order valence-electron chi connectivity index (χ0n) is 23.1. The van der Waals surface area contributed by atoms with Crippen molar-refractivity contribution in [3.8, 4) is 11.5 Å². The second-order valence-electron chi connectivity index (χ2n) is 11.2. The summed E-state index contributed by atoms with van der Waals surface area (Å²) in [6.45, 7) is 0.331. The topological polar surface area (TPSA) is 86.8 Å². The van der Waals surface area contributed by atoms with Gasteiger partial charge in [0, 0.05) is 25.1 Å². The predicted molar refractivity (Wildman–Crippen MR) is 148 cm³/mol. The van der Waals surface area contributed by atoms with Crippen LogP contribution in [0.5, 0.6) is 0 Å². The molecule has 1 amide bonds. The lowest BCUT2D eigenvalue weighted by Crippen LogP contribution is -2.40. The van der Waals surface area contributed by atoms with Crippen molar-refractivity contribution < 1.29 is 32.3 Å². The van der Waals surface area contributed by atoms with E-state index in [2.05, 4.69) is 4.98 Å². The molecule has 41 heavy (non-hydrogen) atoms. The Morgan fingerprint density at radius 1 is 1.12 bits per heavy atom. The van der Waals surface area contributed by atoms with Gasteiger partial charge in [0.2, 0.25) is 11.8 Å². The van der Waals surface area contributed by atoms with Crippen LogP contribution in [0.15, 0.2) is 47.0 Å². The number of esters is 1. The number of hydrogen-bond acceptors (Lipinski definition) is 6. The van der Waals surface area contributed by atoms with Crippen LogP contribution in [0.2, 0.25) is 0 Å². The monoisotopic (exact) mass is 565 g/mol. The fourth-order valence-corrected chi connectivity index (χ4v) is 6.20. The summed E-state index contributed by atoms with van der Waals surface area (Å²) in [5, 5.41) is 0.829. The summed E-state index contributed by atoms with van der Waals surface area (Å²) in [5.41, 5.74) is 3.42. The summed E-state index contributed by atoms with van der Waals surface area (Å²) in [4.78, 5) is 31.3. The van der Waals surface area contributed by atoms with Gasteiger partial charge < -0.3 is 23.4 Å². The highest BCUT2D eigenvalue weighted by atomic mass is 19.1. The molecule has 10 heteroatoms. The summed E-state index contributed by atoms with van der Waals surface area (Å²) >= 11 is 0. The number of nitrogens with zero attached hydrogens (tertiary/aromatic N) is 3. The van der Waals surface area contributed by atoms with E-state index in [0.717, 1.165) is 34.9 Å². The molecule has 1 saturated carbocycles. The summed E-state index contributed by atoms with van der Waals surface area (Å²) in [6.07, 6.45) is 4.03. The first-order chi connectivity index (χ1) is 19.8. The SMILES string of the molecule is COC(=O)[C@H]1CC[C@H](OC[C@@H]2C[C@H](F)CN2C(=O)Cc2ccc3nc(-c4cn(C)c5cc(F)ccc45)oc3c2)CC1. The van der Waals surface area contributed by atoms with Gasteiger partial charge in [-0.05, 0) is 61.6 Å². The maximum Gasteiger partial charge on any atom is 0.308 e. The number of benzene rings is 2. The Morgan fingerprint density at radius 2 is 1.93 bits per heavy atom. The average molecular weight is 566 g/mol. The Labute approximate surface area is 236 Å². The number of rotatable bonds is 7. The zero-order chi connectivity index (χ0) is 28.7. The largest absolute Gasteiger partial charge is 0.469 e. The van der Waals surface area contributed by atoms with Gasteiger partial charge in [-0.25, -0.2) is 13.8 Å². The molecule has 6 rings (SSSR count). The van der Waals surface area contributed by atoms with E-state index in [-0.39, 0.29) is 61.8 Å². The molecule has 4 aromatic rings. The number of hydrogen-bond donors (Lipinski definition) is 0. The number of carbonyl (C=O) groups excluding carboxylic acids is 2. The van der Waals surface area contributed by atoms with Crippen LogP contribution in [-0.4, -0.2) is 64.9 Å². The minimum Gasteiger partial charge on any atom is -0.469 e. The van der Waals surface area contributed by atoms with Gasteiger partial charge in [0.15, 0.2) is 5.58 Å². The summed E-state index contributed by atoms with van der Waals surface area (Å²) in [7, 11) is 3.24. The molecule has 2 aliphatic rings. The van der Waals surface area contributed by atoms with E-state index in [4.69, 9.17) is 13.9 Å². The van der Waals surface area contributed by atoms with E-state index in [1.807, 2.05) is 29.9 Å². The van der Waals surface area contributed by atoms with E-state index < -0.39 is 6.17 Å². The van der Waals surface area contributed by atoms with Crippen LogP contribution < -0.4 is 0 Å². The van der Waals surface area contributed by atoms with Crippen LogP contribution >= 0.6 is 0 Å². The maximum absolute atomic E-state index is 14.4.